The second-order valence-electron chi connectivity index (χ2n) is 6.27. The molecule has 4 heterocycles. The quantitative estimate of drug-likeness (QED) is 0.841. The van der Waals surface area contributed by atoms with E-state index in [0.29, 0.717) is 12.0 Å². The third-order valence-corrected chi connectivity index (χ3v) is 4.89. The van der Waals surface area contributed by atoms with Crippen LogP contribution in [0.15, 0.2) is 0 Å². The van der Waals surface area contributed by atoms with Gasteiger partial charge in [-0.05, 0) is 32.2 Å². The Hall–Kier alpha value is -1.63. The van der Waals surface area contributed by atoms with E-state index in [-0.39, 0.29) is 0 Å². The molecule has 1 aromatic rings. The maximum atomic E-state index is 5.91. The molecule has 114 valence electrons. The fraction of sp³-hybridized carbons (Fsp3) is 0.786. The van der Waals surface area contributed by atoms with Crippen LogP contribution in [0.2, 0.25) is 0 Å². The average molecular weight is 289 g/mol. The van der Waals surface area contributed by atoms with E-state index in [4.69, 9.17) is 5.73 Å². The zero-order valence-electron chi connectivity index (χ0n) is 12.4. The number of hydrogen-bond donors (Lipinski definition) is 1. The van der Waals surface area contributed by atoms with Crippen molar-refractivity contribution in [2.45, 2.75) is 31.7 Å². The number of hydrogen-bond acceptors (Lipinski definition) is 7. The highest BCUT2D eigenvalue weighted by molar-refractivity contribution is 5.44. The molecule has 0 aliphatic carbocycles. The summed E-state index contributed by atoms with van der Waals surface area (Å²) in [5.74, 6) is 1.86. The van der Waals surface area contributed by atoms with Crippen LogP contribution in [0.4, 0.5) is 17.8 Å². The Morgan fingerprint density at radius 2 is 1.57 bits per heavy atom. The lowest BCUT2D eigenvalue weighted by Crippen LogP contribution is -2.50. The van der Waals surface area contributed by atoms with Crippen LogP contribution in [0, 0.1) is 0 Å². The summed E-state index contributed by atoms with van der Waals surface area (Å²) >= 11 is 0. The summed E-state index contributed by atoms with van der Waals surface area (Å²) in [6, 6.07) is 0.659. The molecule has 3 saturated heterocycles. The molecule has 3 fully saturated rings. The SMILES string of the molecule is Nc1nc(N2CCCC2)nc(N2CCN3CCCC3C2)n1. The predicted molar refractivity (Wildman–Crippen MR) is 82.5 cm³/mol. The van der Waals surface area contributed by atoms with Crippen molar-refractivity contribution < 1.29 is 0 Å². The van der Waals surface area contributed by atoms with Gasteiger partial charge in [0.1, 0.15) is 0 Å². The predicted octanol–water partition coefficient (Wildman–Crippen LogP) is 0.338. The number of aromatic nitrogens is 3. The molecule has 3 aliphatic heterocycles. The van der Waals surface area contributed by atoms with Crippen LogP contribution in [0.5, 0.6) is 0 Å². The average Bonchev–Trinajstić information content (AvgIpc) is 3.17. The van der Waals surface area contributed by atoms with Crippen LogP contribution in [0.3, 0.4) is 0 Å². The molecule has 0 aromatic carbocycles. The summed E-state index contributed by atoms with van der Waals surface area (Å²) in [5, 5.41) is 0. The molecule has 21 heavy (non-hydrogen) atoms. The number of rotatable bonds is 2. The van der Waals surface area contributed by atoms with Crippen molar-refractivity contribution in [3.8, 4) is 0 Å². The zero-order chi connectivity index (χ0) is 14.2. The summed E-state index contributed by atoms with van der Waals surface area (Å²) in [5.41, 5.74) is 5.91. The van der Waals surface area contributed by atoms with E-state index in [1.54, 1.807) is 0 Å². The van der Waals surface area contributed by atoms with Crippen molar-refractivity contribution >= 4 is 17.8 Å². The van der Waals surface area contributed by atoms with Crippen LogP contribution in [0.25, 0.3) is 0 Å². The fourth-order valence-corrected chi connectivity index (χ4v) is 3.74. The molecular weight excluding hydrogens is 266 g/mol. The molecule has 4 rings (SSSR count). The van der Waals surface area contributed by atoms with E-state index in [1.807, 2.05) is 0 Å². The minimum Gasteiger partial charge on any atom is -0.368 e. The maximum Gasteiger partial charge on any atom is 0.232 e. The highest BCUT2D eigenvalue weighted by Gasteiger charge is 2.32. The Balaban J connectivity index is 1.56. The van der Waals surface area contributed by atoms with Crippen LogP contribution >= 0.6 is 0 Å². The lowest BCUT2D eigenvalue weighted by Gasteiger charge is -2.37. The molecule has 0 amide bonds. The fourth-order valence-electron chi connectivity index (χ4n) is 3.74. The highest BCUT2D eigenvalue weighted by atomic mass is 15.4. The van der Waals surface area contributed by atoms with Gasteiger partial charge in [0, 0.05) is 38.8 Å². The minimum atomic E-state index is 0.343. The molecule has 7 heteroatoms. The summed E-state index contributed by atoms with van der Waals surface area (Å²) in [6.07, 6.45) is 5.02. The first-order valence-corrected chi connectivity index (χ1v) is 8.05. The van der Waals surface area contributed by atoms with E-state index in [1.165, 1.54) is 32.2 Å². The Kier molecular flexibility index (Phi) is 3.29. The lowest BCUT2D eigenvalue weighted by atomic mass is 10.2. The molecule has 0 radical (unpaired) electrons. The van der Waals surface area contributed by atoms with Crippen molar-refractivity contribution in [2.75, 3.05) is 54.8 Å². The van der Waals surface area contributed by atoms with Gasteiger partial charge in [0.2, 0.25) is 17.8 Å². The van der Waals surface area contributed by atoms with Crippen molar-refractivity contribution in [3.05, 3.63) is 0 Å². The maximum absolute atomic E-state index is 5.91. The molecule has 0 saturated carbocycles. The summed E-state index contributed by atoms with van der Waals surface area (Å²) < 4.78 is 0. The van der Waals surface area contributed by atoms with E-state index in [0.717, 1.165) is 44.6 Å². The summed E-state index contributed by atoms with van der Waals surface area (Å²) in [7, 11) is 0. The Morgan fingerprint density at radius 3 is 2.38 bits per heavy atom. The molecule has 0 spiro atoms. The van der Waals surface area contributed by atoms with Gasteiger partial charge >= 0.3 is 0 Å². The number of nitrogens with two attached hydrogens (primary N) is 1. The van der Waals surface area contributed by atoms with Crippen molar-refractivity contribution in [1.82, 2.24) is 19.9 Å². The van der Waals surface area contributed by atoms with Gasteiger partial charge in [0.25, 0.3) is 0 Å². The van der Waals surface area contributed by atoms with Crippen molar-refractivity contribution in [3.63, 3.8) is 0 Å². The standard InChI is InChI=1S/C14H23N7/c15-12-16-13(20-5-1-2-6-20)18-14(17-12)21-9-8-19-7-3-4-11(19)10-21/h11H,1-10H2,(H2,15,16,17,18). The first-order chi connectivity index (χ1) is 10.3. The number of piperazine rings is 1. The van der Waals surface area contributed by atoms with Crippen LogP contribution in [-0.4, -0.2) is 65.2 Å². The molecule has 2 N–H and O–H groups in total. The molecule has 0 bridgehead atoms. The van der Waals surface area contributed by atoms with E-state index in [2.05, 4.69) is 29.7 Å². The van der Waals surface area contributed by atoms with E-state index in [9.17, 15) is 0 Å². The molecule has 1 aromatic heterocycles. The molecule has 3 aliphatic rings. The van der Waals surface area contributed by atoms with Gasteiger partial charge in [-0.25, -0.2) is 0 Å². The summed E-state index contributed by atoms with van der Waals surface area (Å²) in [4.78, 5) is 20.5. The smallest absolute Gasteiger partial charge is 0.232 e. The third kappa shape index (κ3) is 2.50. The summed E-state index contributed by atoms with van der Waals surface area (Å²) in [6.45, 7) is 6.41. The number of fused-ring (bicyclic) bond motifs is 1. The molecule has 7 nitrogen and oxygen atoms in total. The normalized spacial score (nSPS) is 26.4. The van der Waals surface area contributed by atoms with E-state index >= 15 is 0 Å². The Morgan fingerprint density at radius 1 is 0.810 bits per heavy atom. The van der Waals surface area contributed by atoms with Crippen LogP contribution in [0.1, 0.15) is 25.7 Å². The van der Waals surface area contributed by atoms with Gasteiger partial charge < -0.3 is 15.5 Å². The monoisotopic (exact) mass is 289 g/mol. The molecule has 1 atom stereocenters. The van der Waals surface area contributed by atoms with Crippen LogP contribution < -0.4 is 15.5 Å². The van der Waals surface area contributed by atoms with Crippen LogP contribution in [-0.2, 0) is 0 Å². The van der Waals surface area contributed by atoms with Gasteiger partial charge in [-0.1, -0.05) is 0 Å². The zero-order valence-corrected chi connectivity index (χ0v) is 12.4. The van der Waals surface area contributed by atoms with Gasteiger partial charge in [-0.2, -0.15) is 15.0 Å². The first kappa shape index (κ1) is 13.1. The highest BCUT2D eigenvalue weighted by Crippen LogP contribution is 2.25. The van der Waals surface area contributed by atoms with Gasteiger partial charge in [0.15, 0.2) is 0 Å². The largest absolute Gasteiger partial charge is 0.368 e. The Labute approximate surface area is 125 Å². The third-order valence-electron chi connectivity index (χ3n) is 4.89. The van der Waals surface area contributed by atoms with Crippen molar-refractivity contribution in [2.24, 2.45) is 0 Å². The molecular formula is C14H23N7. The van der Waals surface area contributed by atoms with Gasteiger partial charge in [-0.3, -0.25) is 4.90 Å². The number of anilines is 3. The Bertz CT molecular complexity index is 514. The molecule has 1 unspecified atom stereocenters. The minimum absolute atomic E-state index is 0.343. The number of nitrogens with zero attached hydrogens (tertiary/aromatic N) is 6. The second-order valence-corrected chi connectivity index (χ2v) is 6.27. The number of nitrogen functional groups attached to an aromatic ring is 1. The first-order valence-electron chi connectivity index (χ1n) is 8.05. The van der Waals surface area contributed by atoms with E-state index < -0.39 is 0 Å². The second kappa shape index (κ2) is 5.29. The topological polar surface area (TPSA) is 74.4 Å². The van der Waals surface area contributed by atoms with Gasteiger partial charge in [-0.15, -0.1) is 0 Å². The lowest BCUT2D eigenvalue weighted by molar-refractivity contribution is 0.229. The van der Waals surface area contributed by atoms with Gasteiger partial charge in [0.05, 0.1) is 0 Å². The van der Waals surface area contributed by atoms with Crippen molar-refractivity contribution in [1.29, 1.82) is 0 Å².